The molecule has 0 heterocycles. The molecular formula is C16H34O3S. The summed E-state index contributed by atoms with van der Waals surface area (Å²) in [5.41, 5.74) is 0. The van der Waals surface area contributed by atoms with Crippen molar-refractivity contribution in [1.82, 2.24) is 0 Å². The normalized spacial score (nSPS) is 14.3. The van der Waals surface area contributed by atoms with Crippen LogP contribution in [-0.2, 0) is 15.5 Å². The van der Waals surface area contributed by atoms with E-state index in [9.17, 15) is 4.21 Å². The highest BCUT2D eigenvalue weighted by atomic mass is 32.2. The number of hydrogen-bond donors (Lipinski definition) is 1. The number of rotatable bonds is 15. The van der Waals surface area contributed by atoms with Gasteiger partial charge in [0.15, 0.2) is 0 Å². The molecule has 2 atom stereocenters. The Labute approximate surface area is 128 Å². The van der Waals surface area contributed by atoms with Crippen LogP contribution in [0.15, 0.2) is 0 Å². The van der Waals surface area contributed by atoms with Gasteiger partial charge in [-0.25, -0.2) is 0 Å². The minimum Gasteiger partial charge on any atom is -0.284 e. The Kier molecular flexibility index (Phi) is 15.5. The van der Waals surface area contributed by atoms with Crippen LogP contribution in [0.5, 0.6) is 0 Å². The summed E-state index contributed by atoms with van der Waals surface area (Å²) in [4.78, 5) is 0. The zero-order chi connectivity index (χ0) is 15.1. The Hall–Kier alpha value is 0.0700. The molecule has 0 radical (unpaired) electrons. The second-order valence-corrected chi connectivity index (χ2v) is 6.32. The smallest absolute Gasteiger partial charge is 0.284 e. The van der Waals surface area contributed by atoms with Crippen molar-refractivity contribution in [3.8, 4) is 0 Å². The number of hydrogen-bond acceptors (Lipinski definition) is 2. The van der Waals surface area contributed by atoms with Crippen molar-refractivity contribution in [2.24, 2.45) is 0 Å². The summed E-state index contributed by atoms with van der Waals surface area (Å²) < 4.78 is 24.6. The minimum absolute atomic E-state index is 0.0367. The molecule has 0 amide bonds. The van der Waals surface area contributed by atoms with Crippen LogP contribution in [0.4, 0.5) is 0 Å². The lowest BCUT2D eigenvalue weighted by atomic mass is 10.0. The summed E-state index contributed by atoms with van der Waals surface area (Å²) in [5.74, 6) is 0. The predicted octanol–water partition coefficient (Wildman–Crippen LogP) is 5.62. The Morgan fingerprint density at radius 2 is 1.25 bits per heavy atom. The molecule has 0 aromatic heterocycles. The monoisotopic (exact) mass is 306 g/mol. The Morgan fingerprint density at radius 3 is 1.75 bits per heavy atom. The average molecular weight is 307 g/mol. The summed E-state index contributed by atoms with van der Waals surface area (Å²) >= 11 is -2.11. The van der Waals surface area contributed by atoms with Crippen LogP contribution in [-0.4, -0.2) is 14.9 Å². The van der Waals surface area contributed by atoms with E-state index >= 15 is 0 Å². The first-order valence-corrected chi connectivity index (χ1v) is 9.51. The van der Waals surface area contributed by atoms with Crippen LogP contribution in [0, 0.1) is 0 Å². The molecule has 0 bridgehead atoms. The van der Waals surface area contributed by atoms with E-state index in [0.29, 0.717) is 0 Å². The van der Waals surface area contributed by atoms with Gasteiger partial charge in [-0.3, -0.25) is 8.74 Å². The van der Waals surface area contributed by atoms with Gasteiger partial charge < -0.3 is 0 Å². The topological polar surface area (TPSA) is 46.5 Å². The molecule has 0 aliphatic heterocycles. The minimum atomic E-state index is -2.11. The van der Waals surface area contributed by atoms with Gasteiger partial charge in [0.05, 0.1) is 6.10 Å². The van der Waals surface area contributed by atoms with E-state index in [-0.39, 0.29) is 6.10 Å². The zero-order valence-electron chi connectivity index (χ0n) is 13.4. The van der Waals surface area contributed by atoms with Crippen LogP contribution in [0.3, 0.4) is 0 Å². The third-order valence-corrected chi connectivity index (χ3v) is 4.16. The molecule has 2 unspecified atom stereocenters. The fourth-order valence-corrected chi connectivity index (χ4v) is 2.90. The van der Waals surface area contributed by atoms with Crippen LogP contribution in [0.1, 0.15) is 97.3 Å². The summed E-state index contributed by atoms with van der Waals surface area (Å²) in [6.07, 6.45) is 15.7. The van der Waals surface area contributed by atoms with E-state index < -0.39 is 11.4 Å². The van der Waals surface area contributed by atoms with E-state index in [1.807, 2.05) is 0 Å². The zero-order valence-corrected chi connectivity index (χ0v) is 14.3. The van der Waals surface area contributed by atoms with Crippen molar-refractivity contribution in [2.75, 3.05) is 0 Å². The molecule has 4 heteroatoms. The van der Waals surface area contributed by atoms with Gasteiger partial charge in [0.1, 0.15) is 0 Å². The van der Waals surface area contributed by atoms with Crippen LogP contribution in [0.25, 0.3) is 0 Å². The van der Waals surface area contributed by atoms with Crippen LogP contribution in [0.2, 0.25) is 0 Å². The van der Waals surface area contributed by atoms with E-state index in [0.717, 1.165) is 32.1 Å². The molecule has 0 aliphatic carbocycles. The molecule has 122 valence electrons. The van der Waals surface area contributed by atoms with E-state index in [2.05, 4.69) is 13.8 Å². The largest absolute Gasteiger partial charge is 0.302 e. The van der Waals surface area contributed by atoms with Gasteiger partial charge in [-0.1, -0.05) is 84.5 Å². The van der Waals surface area contributed by atoms with Gasteiger partial charge in [-0.05, 0) is 12.8 Å². The molecule has 0 rings (SSSR count). The fraction of sp³-hybridized carbons (Fsp3) is 1.00. The molecule has 0 aromatic rings. The molecule has 1 N–H and O–H groups in total. The maximum absolute atomic E-state index is 10.7. The Balaban J connectivity index is 3.45. The van der Waals surface area contributed by atoms with Crippen LogP contribution < -0.4 is 0 Å². The first kappa shape index (κ1) is 20.1. The second kappa shape index (κ2) is 15.5. The summed E-state index contributed by atoms with van der Waals surface area (Å²) in [5, 5.41) is 0. The van der Waals surface area contributed by atoms with Gasteiger partial charge in [0, 0.05) is 0 Å². The average Bonchev–Trinajstić information content (AvgIpc) is 2.42. The summed E-state index contributed by atoms with van der Waals surface area (Å²) in [6.45, 7) is 4.38. The molecule has 3 nitrogen and oxygen atoms in total. The van der Waals surface area contributed by atoms with Gasteiger partial charge in [0.2, 0.25) is 0 Å². The van der Waals surface area contributed by atoms with Gasteiger partial charge in [-0.2, -0.15) is 4.21 Å². The van der Waals surface area contributed by atoms with Gasteiger partial charge in [0.25, 0.3) is 0 Å². The van der Waals surface area contributed by atoms with Gasteiger partial charge in [-0.15, -0.1) is 0 Å². The maximum Gasteiger partial charge on any atom is 0.302 e. The molecule has 0 spiro atoms. The lowest BCUT2D eigenvalue weighted by Crippen LogP contribution is -2.14. The molecular weight excluding hydrogens is 272 g/mol. The lowest BCUT2D eigenvalue weighted by molar-refractivity contribution is 0.176. The molecule has 20 heavy (non-hydrogen) atoms. The molecule has 0 aliphatic rings. The molecule has 0 saturated heterocycles. The third kappa shape index (κ3) is 14.5. The van der Waals surface area contributed by atoms with Crippen LogP contribution >= 0.6 is 0 Å². The quantitative estimate of drug-likeness (QED) is 0.315. The number of unbranched alkanes of at least 4 members (excludes halogenated alkanes) is 9. The summed E-state index contributed by atoms with van der Waals surface area (Å²) in [6, 6.07) is 0. The second-order valence-electron chi connectivity index (χ2n) is 5.69. The van der Waals surface area contributed by atoms with Crippen molar-refractivity contribution >= 4 is 11.4 Å². The standard InChI is InChI=1S/C16H34O3S/c1-3-5-7-8-9-10-11-12-13-15-16(14-6-4-2)19-20(17)18/h16H,3-15H2,1-2H3,(H,17,18). The first-order valence-electron chi connectivity index (χ1n) is 8.48. The lowest BCUT2D eigenvalue weighted by Gasteiger charge is -2.14. The third-order valence-electron chi connectivity index (χ3n) is 3.73. The Morgan fingerprint density at radius 1 is 0.800 bits per heavy atom. The molecule has 0 saturated carbocycles. The van der Waals surface area contributed by atoms with E-state index in [4.69, 9.17) is 8.74 Å². The highest BCUT2D eigenvalue weighted by Gasteiger charge is 2.11. The molecule has 0 fully saturated rings. The fourth-order valence-electron chi connectivity index (χ4n) is 2.47. The SMILES string of the molecule is CCCCCCCCCCCC(CCCC)OS(=O)O. The van der Waals surface area contributed by atoms with Crippen molar-refractivity contribution < 1.29 is 12.9 Å². The van der Waals surface area contributed by atoms with E-state index in [1.165, 1.54) is 51.4 Å². The first-order chi connectivity index (χ1) is 9.70. The van der Waals surface area contributed by atoms with Crippen molar-refractivity contribution in [3.05, 3.63) is 0 Å². The highest BCUT2D eigenvalue weighted by Crippen LogP contribution is 2.16. The maximum atomic E-state index is 10.7. The van der Waals surface area contributed by atoms with E-state index in [1.54, 1.807) is 0 Å². The molecule has 0 aromatic carbocycles. The highest BCUT2D eigenvalue weighted by molar-refractivity contribution is 7.74. The predicted molar refractivity (Wildman–Crippen MR) is 87.0 cm³/mol. The Bertz CT molecular complexity index is 222. The van der Waals surface area contributed by atoms with Gasteiger partial charge >= 0.3 is 11.4 Å². The van der Waals surface area contributed by atoms with Crippen molar-refractivity contribution in [1.29, 1.82) is 0 Å². The van der Waals surface area contributed by atoms with Crippen molar-refractivity contribution in [2.45, 2.75) is 103 Å². The summed E-state index contributed by atoms with van der Waals surface area (Å²) in [7, 11) is 0. The van der Waals surface area contributed by atoms with Crippen molar-refractivity contribution in [3.63, 3.8) is 0 Å².